The highest BCUT2D eigenvalue weighted by Gasteiger charge is 2.35. The number of carbonyl (C=O) groups excluding carboxylic acids is 2. The van der Waals surface area contributed by atoms with Crippen LogP contribution >= 0.6 is 11.8 Å². The minimum atomic E-state index is -0.967. The van der Waals surface area contributed by atoms with Crippen LogP contribution in [0.25, 0.3) is 0 Å². The number of aliphatic carboxylic acids is 1. The van der Waals surface area contributed by atoms with Gasteiger partial charge in [0.05, 0.1) is 12.3 Å². The van der Waals surface area contributed by atoms with Crippen molar-refractivity contribution in [3.8, 4) is 0 Å². The quantitative estimate of drug-likeness (QED) is 0.822. The lowest BCUT2D eigenvalue weighted by Gasteiger charge is -2.25. The number of nitrogens with zero attached hydrogens (tertiary/aromatic N) is 1. The number of thioether (sulfide) groups is 1. The third-order valence-corrected chi connectivity index (χ3v) is 5.33. The number of hydrogen-bond donors (Lipinski definition) is 2. The lowest BCUT2D eigenvalue weighted by atomic mass is 9.86. The van der Waals surface area contributed by atoms with E-state index in [-0.39, 0.29) is 23.7 Å². The molecule has 6 nitrogen and oxygen atoms in total. The number of carbonyl (C=O) groups is 3. The molecule has 2 amide bonds. The molecule has 1 aromatic carbocycles. The second-order valence-corrected chi connectivity index (χ2v) is 8.63. The molecule has 2 rings (SSSR count). The second kappa shape index (κ2) is 8.12. The Morgan fingerprint density at radius 3 is 2.42 bits per heavy atom. The van der Waals surface area contributed by atoms with Crippen molar-refractivity contribution in [2.45, 2.75) is 51.6 Å². The fourth-order valence-electron chi connectivity index (χ4n) is 2.79. The summed E-state index contributed by atoms with van der Waals surface area (Å²) < 4.78 is 0. The minimum Gasteiger partial charge on any atom is -0.481 e. The zero-order valence-electron chi connectivity index (χ0n) is 15.6. The van der Waals surface area contributed by atoms with Gasteiger partial charge in [0.2, 0.25) is 5.91 Å². The first-order valence-corrected chi connectivity index (χ1v) is 9.76. The van der Waals surface area contributed by atoms with Crippen molar-refractivity contribution >= 4 is 29.5 Å². The van der Waals surface area contributed by atoms with E-state index in [4.69, 9.17) is 5.11 Å². The van der Waals surface area contributed by atoms with Gasteiger partial charge in [-0.3, -0.25) is 14.4 Å². The van der Waals surface area contributed by atoms with Crippen LogP contribution in [0.3, 0.4) is 0 Å². The van der Waals surface area contributed by atoms with Gasteiger partial charge in [0.1, 0.15) is 6.04 Å². The highest BCUT2D eigenvalue weighted by molar-refractivity contribution is 7.99. The average Bonchev–Trinajstić information content (AvgIpc) is 3.02. The van der Waals surface area contributed by atoms with Crippen LogP contribution < -0.4 is 5.32 Å². The monoisotopic (exact) mass is 378 g/mol. The molecule has 26 heavy (non-hydrogen) atoms. The molecule has 2 N–H and O–H groups in total. The van der Waals surface area contributed by atoms with Crippen LogP contribution in [0, 0.1) is 0 Å². The fraction of sp³-hybridized carbons (Fsp3) is 0.526. The van der Waals surface area contributed by atoms with Gasteiger partial charge in [-0.25, -0.2) is 0 Å². The van der Waals surface area contributed by atoms with Gasteiger partial charge in [-0.15, -0.1) is 11.8 Å². The third kappa shape index (κ3) is 5.00. The fourth-order valence-corrected chi connectivity index (χ4v) is 3.94. The maximum Gasteiger partial charge on any atom is 0.305 e. The maximum absolute atomic E-state index is 12.8. The van der Waals surface area contributed by atoms with Crippen LogP contribution in [0.2, 0.25) is 0 Å². The standard InChI is InChI=1S/C19H26N2O4S/c1-12(9-16(22)23)20-17(24)15-10-26-11-21(15)18(25)13-5-7-14(8-6-13)19(2,3)4/h5-8,12,15H,9-11H2,1-4H3,(H,20,24)(H,22,23). The molecule has 0 bridgehead atoms. The Morgan fingerprint density at radius 1 is 1.27 bits per heavy atom. The molecule has 1 aromatic rings. The van der Waals surface area contributed by atoms with Crippen LogP contribution in [0.1, 0.15) is 50.0 Å². The Hall–Kier alpha value is -2.02. The van der Waals surface area contributed by atoms with Gasteiger partial charge in [0.25, 0.3) is 5.91 Å². The van der Waals surface area contributed by atoms with Crippen molar-refractivity contribution in [3.63, 3.8) is 0 Å². The molecule has 1 saturated heterocycles. The normalized spacial score (nSPS) is 18.5. The first-order chi connectivity index (χ1) is 12.1. The predicted molar refractivity (Wildman–Crippen MR) is 102 cm³/mol. The Bertz CT molecular complexity index is 682. The van der Waals surface area contributed by atoms with Crippen molar-refractivity contribution < 1.29 is 19.5 Å². The van der Waals surface area contributed by atoms with Crippen molar-refractivity contribution in [3.05, 3.63) is 35.4 Å². The molecule has 0 aromatic heterocycles. The molecule has 7 heteroatoms. The van der Waals surface area contributed by atoms with Crippen molar-refractivity contribution in [1.29, 1.82) is 0 Å². The topological polar surface area (TPSA) is 86.7 Å². The predicted octanol–water partition coefficient (Wildman–Crippen LogP) is 2.48. The highest BCUT2D eigenvalue weighted by atomic mass is 32.2. The highest BCUT2D eigenvalue weighted by Crippen LogP contribution is 2.26. The van der Waals surface area contributed by atoms with Crippen molar-refractivity contribution in [1.82, 2.24) is 10.2 Å². The number of nitrogens with one attached hydrogen (secondary N) is 1. The average molecular weight is 378 g/mol. The van der Waals surface area contributed by atoms with E-state index >= 15 is 0 Å². The molecule has 2 atom stereocenters. The number of carboxylic acids is 1. The minimum absolute atomic E-state index is 0.00771. The van der Waals surface area contributed by atoms with Gasteiger partial charge in [0, 0.05) is 17.4 Å². The summed E-state index contributed by atoms with van der Waals surface area (Å²) in [5.74, 6) is -0.488. The van der Waals surface area contributed by atoms with Gasteiger partial charge >= 0.3 is 5.97 Å². The Balaban J connectivity index is 2.07. The van der Waals surface area contributed by atoms with E-state index in [2.05, 4.69) is 26.1 Å². The molecule has 2 unspecified atom stereocenters. The molecular formula is C19H26N2O4S. The number of rotatable bonds is 5. The first kappa shape index (κ1) is 20.3. The smallest absolute Gasteiger partial charge is 0.305 e. The summed E-state index contributed by atoms with van der Waals surface area (Å²) in [7, 11) is 0. The lowest BCUT2D eigenvalue weighted by molar-refractivity contribution is -0.137. The molecule has 0 spiro atoms. The van der Waals surface area contributed by atoms with E-state index in [9.17, 15) is 14.4 Å². The molecule has 0 radical (unpaired) electrons. The Kier molecular flexibility index (Phi) is 6.34. The number of carboxylic acid groups (broad SMARTS) is 1. The van der Waals surface area contributed by atoms with E-state index < -0.39 is 18.1 Å². The van der Waals surface area contributed by atoms with Gasteiger partial charge in [-0.05, 0) is 30.0 Å². The van der Waals surface area contributed by atoms with E-state index in [0.717, 1.165) is 5.56 Å². The van der Waals surface area contributed by atoms with Crippen LogP contribution in [-0.2, 0) is 15.0 Å². The van der Waals surface area contributed by atoms with Gasteiger partial charge in [-0.2, -0.15) is 0 Å². The molecule has 0 saturated carbocycles. The summed E-state index contributed by atoms with van der Waals surface area (Å²) in [5, 5.41) is 11.5. The molecule has 142 valence electrons. The summed E-state index contributed by atoms with van der Waals surface area (Å²) in [5.41, 5.74) is 1.70. The summed E-state index contributed by atoms with van der Waals surface area (Å²) >= 11 is 1.52. The molecule has 1 fully saturated rings. The zero-order chi connectivity index (χ0) is 19.5. The van der Waals surface area contributed by atoms with E-state index in [1.54, 1.807) is 24.0 Å². The Morgan fingerprint density at radius 2 is 1.88 bits per heavy atom. The van der Waals surface area contributed by atoms with Crippen LogP contribution in [0.5, 0.6) is 0 Å². The molecule has 1 aliphatic rings. The molecule has 1 aliphatic heterocycles. The van der Waals surface area contributed by atoms with Gasteiger partial charge in [-0.1, -0.05) is 32.9 Å². The van der Waals surface area contributed by atoms with Gasteiger partial charge < -0.3 is 15.3 Å². The summed E-state index contributed by atoms with van der Waals surface area (Å²) in [4.78, 5) is 37.6. The first-order valence-electron chi connectivity index (χ1n) is 8.61. The van der Waals surface area contributed by atoms with Crippen molar-refractivity contribution in [2.75, 3.05) is 11.6 Å². The summed E-state index contributed by atoms with van der Waals surface area (Å²) in [6.07, 6.45) is -0.145. The van der Waals surface area contributed by atoms with Gasteiger partial charge in [0.15, 0.2) is 0 Å². The second-order valence-electron chi connectivity index (χ2n) is 7.63. The lowest BCUT2D eigenvalue weighted by Crippen LogP contribution is -2.49. The van der Waals surface area contributed by atoms with Crippen LogP contribution in [0.4, 0.5) is 0 Å². The number of benzene rings is 1. The molecular weight excluding hydrogens is 352 g/mol. The largest absolute Gasteiger partial charge is 0.481 e. The van der Waals surface area contributed by atoms with E-state index in [1.807, 2.05) is 12.1 Å². The zero-order valence-corrected chi connectivity index (χ0v) is 16.4. The molecule has 1 heterocycles. The van der Waals surface area contributed by atoms with Crippen molar-refractivity contribution in [2.24, 2.45) is 0 Å². The van der Waals surface area contributed by atoms with E-state index in [0.29, 0.717) is 17.2 Å². The summed E-state index contributed by atoms with van der Waals surface area (Å²) in [6.45, 7) is 7.98. The Labute approximate surface area is 158 Å². The number of hydrogen-bond acceptors (Lipinski definition) is 4. The van der Waals surface area contributed by atoms with Crippen LogP contribution in [-0.4, -0.2) is 51.5 Å². The maximum atomic E-state index is 12.8. The number of amides is 2. The summed E-state index contributed by atoms with van der Waals surface area (Å²) in [6, 6.07) is 6.43. The van der Waals surface area contributed by atoms with Crippen LogP contribution in [0.15, 0.2) is 24.3 Å². The molecule has 0 aliphatic carbocycles. The third-order valence-electron chi connectivity index (χ3n) is 4.31. The van der Waals surface area contributed by atoms with E-state index in [1.165, 1.54) is 11.8 Å². The SMILES string of the molecule is CC(CC(=O)O)NC(=O)C1CSCN1C(=O)c1ccc(C(C)(C)C)cc1.